The number of rotatable bonds is 2. The number of pyridine rings is 1. The number of nitrogen functional groups attached to an aromatic ring is 2. The van der Waals surface area contributed by atoms with E-state index in [0.29, 0.717) is 11.1 Å². The van der Waals surface area contributed by atoms with Gasteiger partial charge in [-0.1, -0.05) is 28.1 Å². The third-order valence-corrected chi connectivity index (χ3v) is 6.22. The molecule has 0 bridgehead atoms. The number of hydrogen-bond donors (Lipinski definition) is 2. The lowest BCUT2D eigenvalue weighted by Gasteiger charge is -2.09. The predicted molar refractivity (Wildman–Crippen MR) is 111 cm³/mol. The Morgan fingerprint density at radius 3 is 2.54 bits per heavy atom. The molecule has 0 unspecified atom stereocenters. The van der Waals surface area contributed by atoms with Crippen molar-refractivity contribution < 1.29 is 0 Å². The first-order valence-corrected chi connectivity index (χ1v) is 10.3. The van der Waals surface area contributed by atoms with Gasteiger partial charge in [-0.05, 0) is 24.0 Å². The summed E-state index contributed by atoms with van der Waals surface area (Å²) in [4.78, 5) is 13.9. The van der Waals surface area contributed by atoms with Crippen molar-refractivity contribution in [2.75, 3.05) is 17.7 Å². The largest absolute Gasteiger partial charge is 0.383 e. The second-order valence-electron chi connectivity index (χ2n) is 5.42. The van der Waals surface area contributed by atoms with Crippen LogP contribution in [-0.4, -0.2) is 21.2 Å². The number of halogens is 1. The molecule has 0 radical (unpaired) electrons. The van der Waals surface area contributed by atoms with E-state index in [-0.39, 0.29) is 11.8 Å². The summed E-state index contributed by atoms with van der Waals surface area (Å²) < 4.78 is 1.81. The highest BCUT2D eigenvalue weighted by Gasteiger charge is 2.22. The van der Waals surface area contributed by atoms with E-state index < -0.39 is 0 Å². The average Bonchev–Trinajstić information content (AvgIpc) is 2.98. The molecule has 4 rings (SSSR count). The van der Waals surface area contributed by atoms with Gasteiger partial charge in [0.2, 0.25) is 5.95 Å². The molecule has 0 saturated carbocycles. The summed E-state index contributed by atoms with van der Waals surface area (Å²) in [5.74, 6) is 0.411. The lowest BCUT2D eigenvalue weighted by molar-refractivity contribution is 1.13. The van der Waals surface area contributed by atoms with Gasteiger partial charge in [0.05, 0.1) is 15.6 Å². The molecule has 6 nitrogen and oxygen atoms in total. The third-order valence-electron chi connectivity index (χ3n) is 3.91. The van der Waals surface area contributed by atoms with Crippen LogP contribution < -0.4 is 11.5 Å². The standard InChI is InChI=1S/C17H11BrN6S2/c1-25-15-11-12-13(26-16(11)24-17(21)23-15)10(9(6-19)14(20)22-12)7-2-4-8(18)5-3-7/h2-5H,1H3,(H2,20,22)(H2,21,23,24). The molecule has 0 spiro atoms. The summed E-state index contributed by atoms with van der Waals surface area (Å²) in [5, 5.41) is 11.2. The second-order valence-corrected chi connectivity index (χ2v) is 8.13. The van der Waals surface area contributed by atoms with Gasteiger partial charge in [-0.3, -0.25) is 0 Å². The quantitative estimate of drug-likeness (QED) is 0.348. The van der Waals surface area contributed by atoms with Gasteiger partial charge in [0.15, 0.2) is 0 Å². The molecule has 26 heavy (non-hydrogen) atoms. The van der Waals surface area contributed by atoms with Gasteiger partial charge in [-0.2, -0.15) is 5.26 Å². The van der Waals surface area contributed by atoms with Crippen LogP contribution in [0.25, 0.3) is 31.6 Å². The molecule has 4 N–H and O–H groups in total. The topological polar surface area (TPSA) is 114 Å². The SMILES string of the molecule is CSc1nc(N)nc2sc3c(-c4ccc(Br)cc4)c(C#N)c(N)nc3c12. The van der Waals surface area contributed by atoms with Crippen LogP contribution in [0.15, 0.2) is 33.8 Å². The monoisotopic (exact) mass is 442 g/mol. The molecular formula is C17H11BrN6S2. The van der Waals surface area contributed by atoms with Crippen molar-refractivity contribution in [2.24, 2.45) is 0 Å². The number of nitriles is 1. The third kappa shape index (κ3) is 2.58. The fourth-order valence-electron chi connectivity index (χ4n) is 2.82. The average molecular weight is 443 g/mol. The lowest BCUT2D eigenvalue weighted by Crippen LogP contribution is -1.99. The zero-order chi connectivity index (χ0) is 18.4. The first-order valence-electron chi connectivity index (χ1n) is 7.42. The van der Waals surface area contributed by atoms with Crippen molar-refractivity contribution in [3.63, 3.8) is 0 Å². The van der Waals surface area contributed by atoms with E-state index in [4.69, 9.17) is 11.5 Å². The normalized spacial score (nSPS) is 11.1. The molecule has 0 amide bonds. The van der Waals surface area contributed by atoms with Crippen molar-refractivity contribution in [3.8, 4) is 17.2 Å². The van der Waals surface area contributed by atoms with E-state index in [1.165, 1.54) is 23.1 Å². The van der Waals surface area contributed by atoms with E-state index in [2.05, 4.69) is 37.0 Å². The van der Waals surface area contributed by atoms with Gasteiger partial charge in [-0.25, -0.2) is 15.0 Å². The molecule has 0 aliphatic carbocycles. The molecule has 3 aromatic heterocycles. The zero-order valence-electron chi connectivity index (χ0n) is 13.4. The Kier molecular flexibility index (Phi) is 4.19. The Balaban J connectivity index is 2.21. The highest BCUT2D eigenvalue weighted by molar-refractivity contribution is 9.10. The number of fused-ring (bicyclic) bond motifs is 3. The first-order chi connectivity index (χ1) is 12.5. The predicted octanol–water partition coefficient (Wildman–Crippen LogP) is 4.43. The summed E-state index contributed by atoms with van der Waals surface area (Å²) in [7, 11) is 0. The summed E-state index contributed by atoms with van der Waals surface area (Å²) in [6.45, 7) is 0. The van der Waals surface area contributed by atoms with Gasteiger partial charge >= 0.3 is 0 Å². The van der Waals surface area contributed by atoms with Gasteiger partial charge in [0.25, 0.3) is 0 Å². The molecular weight excluding hydrogens is 432 g/mol. The number of benzene rings is 1. The Bertz CT molecular complexity index is 1210. The zero-order valence-corrected chi connectivity index (χ0v) is 16.7. The van der Waals surface area contributed by atoms with Crippen molar-refractivity contribution in [1.82, 2.24) is 15.0 Å². The van der Waals surface area contributed by atoms with E-state index in [1.54, 1.807) is 0 Å². The smallest absolute Gasteiger partial charge is 0.222 e. The second kappa shape index (κ2) is 6.39. The van der Waals surface area contributed by atoms with Gasteiger partial charge in [-0.15, -0.1) is 23.1 Å². The van der Waals surface area contributed by atoms with Gasteiger partial charge in [0.1, 0.15) is 27.3 Å². The number of nitrogens with two attached hydrogens (primary N) is 2. The maximum atomic E-state index is 9.67. The highest BCUT2D eigenvalue weighted by Crippen LogP contribution is 2.43. The van der Waals surface area contributed by atoms with Crippen LogP contribution in [0.3, 0.4) is 0 Å². The Morgan fingerprint density at radius 2 is 1.88 bits per heavy atom. The molecule has 4 aromatic rings. The van der Waals surface area contributed by atoms with Crippen LogP contribution in [-0.2, 0) is 0 Å². The Hall–Kier alpha value is -2.41. The highest BCUT2D eigenvalue weighted by atomic mass is 79.9. The maximum Gasteiger partial charge on any atom is 0.222 e. The minimum atomic E-state index is 0.196. The molecule has 0 fully saturated rings. The van der Waals surface area contributed by atoms with E-state index in [1.807, 2.05) is 30.5 Å². The number of nitrogens with zero attached hydrogens (tertiary/aromatic N) is 4. The van der Waals surface area contributed by atoms with Crippen molar-refractivity contribution in [2.45, 2.75) is 5.03 Å². The molecule has 0 atom stereocenters. The van der Waals surface area contributed by atoms with Crippen LogP contribution in [0.4, 0.5) is 11.8 Å². The van der Waals surface area contributed by atoms with Crippen LogP contribution in [0.2, 0.25) is 0 Å². The summed E-state index contributed by atoms with van der Waals surface area (Å²) in [5.41, 5.74) is 14.7. The Labute approximate surface area is 165 Å². The summed E-state index contributed by atoms with van der Waals surface area (Å²) in [6, 6.07) is 9.94. The molecule has 3 heterocycles. The molecule has 9 heteroatoms. The molecule has 0 saturated heterocycles. The molecule has 128 valence electrons. The van der Waals surface area contributed by atoms with Crippen molar-refractivity contribution >= 4 is 71.2 Å². The maximum absolute atomic E-state index is 9.67. The molecule has 0 aliphatic heterocycles. The number of thioether (sulfide) groups is 1. The molecule has 0 aliphatic rings. The van der Waals surface area contributed by atoms with Crippen molar-refractivity contribution in [1.29, 1.82) is 5.26 Å². The van der Waals surface area contributed by atoms with Gasteiger partial charge in [0, 0.05) is 10.0 Å². The molecule has 1 aromatic carbocycles. The van der Waals surface area contributed by atoms with Crippen molar-refractivity contribution in [3.05, 3.63) is 34.3 Å². The summed E-state index contributed by atoms with van der Waals surface area (Å²) in [6.07, 6.45) is 1.92. The fraction of sp³-hybridized carbons (Fsp3) is 0.0588. The number of thiophene rings is 1. The fourth-order valence-corrected chi connectivity index (χ4v) is 4.92. The Morgan fingerprint density at radius 1 is 1.15 bits per heavy atom. The van der Waals surface area contributed by atoms with Crippen LogP contribution in [0, 0.1) is 11.3 Å². The van der Waals surface area contributed by atoms with Gasteiger partial charge < -0.3 is 11.5 Å². The number of aromatic nitrogens is 3. The minimum Gasteiger partial charge on any atom is -0.383 e. The van der Waals surface area contributed by atoms with E-state index in [9.17, 15) is 5.26 Å². The lowest BCUT2D eigenvalue weighted by atomic mass is 10.0. The van der Waals surface area contributed by atoms with E-state index in [0.717, 1.165) is 35.5 Å². The number of hydrogen-bond acceptors (Lipinski definition) is 8. The van der Waals surface area contributed by atoms with Crippen LogP contribution in [0.1, 0.15) is 5.56 Å². The first kappa shape index (κ1) is 17.0. The van der Waals surface area contributed by atoms with Crippen LogP contribution in [0.5, 0.6) is 0 Å². The minimum absolute atomic E-state index is 0.196. The van der Waals surface area contributed by atoms with E-state index >= 15 is 0 Å². The number of anilines is 2. The van der Waals surface area contributed by atoms with Crippen LogP contribution >= 0.6 is 39.0 Å². The summed E-state index contributed by atoms with van der Waals surface area (Å²) >= 11 is 6.36.